The van der Waals surface area contributed by atoms with Gasteiger partial charge in [0.2, 0.25) is 5.91 Å². The van der Waals surface area contributed by atoms with Crippen LogP contribution in [0.1, 0.15) is 20.3 Å². The van der Waals surface area contributed by atoms with E-state index in [0.29, 0.717) is 6.42 Å². The lowest BCUT2D eigenvalue weighted by atomic mass is 9.86. The molecule has 82 valence electrons. The fraction of sp³-hybridized carbons (Fsp3) is 0.400. The lowest BCUT2D eigenvalue weighted by molar-refractivity contribution is -0.121. The van der Waals surface area contributed by atoms with E-state index in [1.165, 1.54) is 11.3 Å². The van der Waals surface area contributed by atoms with E-state index in [1.807, 2.05) is 23.8 Å². The molecule has 0 saturated carbocycles. The van der Waals surface area contributed by atoms with E-state index in [9.17, 15) is 4.79 Å². The van der Waals surface area contributed by atoms with Crippen molar-refractivity contribution in [3.63, 3.8) is 0 Å². The monoisotopic (exact) mass is 242 g/mol. The molecule has 1 aromatic rings. The molecule has 0 fully saturated rings. The van der Waals surface area contributed by atoms with Gasteiger partial charge in [0.25, 0.3) is 0 Å². The van der Waals surface area contributed by atoms with Gasteiger partial charge in [-0.05, 0) is 24.8 Å². The number of rotatable bonds is 4. The van der Waals surface area contributed by atoms with E-state index in [4.69, 9.17) is 18.0 Å². The molecule has 0 saturated heterocycles. The summed E-state index contributed by atoms with van der Waals surface area (Å²) in [5.74, 6) is -0.143. The minimum Gasteiger partial charge on any atom is -0.392 e. The van der Waals surface area contributed by atoms with Crippen molar-refractivity contribution in [3.8, 4) is 0 Å². The van der Waals surface area contributed by atoms with Crippen molar-refractivity contribution < 1.29 is 4.79 Å². The molecule has 15 heavy (non-hydrogen) atoms. The summed E-state index contributed by atoms with van der Waals surface area (Å²) in [6.45, 7) is 3.66. The first-order valence-corrected chi connectivity index (χ1v) is 5.99. The standard InChI is InChI=1S/C10H14N2OS2/c1-3-10(2,8(11)14)9(13)12-7-4-5-15-6-7/h4-6H,3H2,1-2H3,(H2,11,14)(H,12,13). The molecule has 0 radical (unpaired) electrons. The van der Waals surface area contributed by atoms with Crippen LogP contribution in [0.5, 0.6) is 0 Å². The number of nitrogens with two attached hydrogens (primary N) is 1. The van der Waals surface area contributed by atoms with Gasteiger partial charge < -0.3 is 11.1 Å². The Morgan fingerprint density at radius 1 is 1.73 bits per heavy atom. The van der Waals surface area contributed by atoms with Gasteiger partial charge in [-0.1, -0.05) is 19.1 Å². The normalized spacial score (nSPS) is 14.3. The van der Waals surface area contributed by atoms with Gasteiger partial charge in [-0.2, -0.15) is 11.3 Å². The quantitative estimate of drug-likeness (QED) is 0.797. The van der Waals surface area contributed by atoms with Crippen LogP contribution in [-0.2, 0) is 4.79 Å². The molecule has 1 atom stereocenters. The molecule has 0 spiro atoms. The van der Waals surface area contributed by atoms with Crippen LogP contribution in [0.4, 0.5) is 5.69 Å². The molecule has 1 aromatic heterocycles. The number of anilines is 1. The second-order valence-electron chi connectivity index (χ2n) is 3.52. The lowest BCUT2D eigenvalue weighted by Gasteiger charge is -2.25. The van der Waals surface area contributed by atoms with Crippen LogP contribution >= 0.6 is 23.6 Å². The van der Waals surface area contributed by atoms with Crippen molar-refractivity contribution in [2.24, 2.45) is 11.1 Å². The Labute approximate surface area is 98.7 Å². The number of nitrogens with one attached hydrogen (secondary N) is 1. The number of carbonyl (C=O) groups excluding carboxylic acids is 1. The summed E-state index contributed by atoms with van der Waals surface area (Å²) >= 11 is 6.45. The highest BCUT2D eigenvalue weighted by Gasteiger charge is 2.34. The van der Waals surface area contributed by atoms with Gasteiger partial charge in [0.15, 0.2) is 0 Å². The zero-order valence-electron chi connectivity index (χ0n) is 8.74. The van der Waals surface area contributed by atoms with E-state index < -0.39 is 5.41 Å². The third-order valence-electron chi connectivity index (χ3n) is 2.53. The highest BCUT2D eigenvalue weighted by Crippen LogP contribution is 2.24. The molecule has 0 aromatic carbocycles. The molecule has 0 bridgehead atoms. The van der Waals surface area contributed by atoms with Gasteiger partial charge in [-0.15, -0.1) is 0 Å². The summed E-state index contributed by atoms with van der Waals surface area (Å²) in [6, 6.07) is 1.85. The Kier molecular flexibility index (Phi) is 3.82. The van der Waals surface area contributed by atoms with Crippen molar-refractivity contribution in [2.45, 2.75) is 20.3 Å². The Hall–Kier alpha value is -0.940. The average molecular weight is 242 g/mol. The highest BCUT2D eigenvalue weighted by atomic mass is 32.1. The molecular weight excluding hydrogens is 228 g/mol. The topological polar surface area (TPSA) is 55.1 Å². The van der Waals surface area contributed by atoms with Crippen molar-refractivity contribution in [2.75, 3.05) is 5.32 Å². The molecule has 3 nitrogen and oxygen atoms in total. The SMILES string of the molecule is CCC(C)(C(=O)Nc1ccsc1)C(N)=S. The van der Waals surface area contributed by atoms with Crippen LogP contribution in [0, 0.1) is 5.41 Å². The first-order chi connectivity index (χ1) is 7.00. The number of hydrogen-bond acceptors (Lipinski definition) is 3. The first-order valence-electron chi connectivity index (χ1n) is 4.64. The number of amides is 1. The summed E-state index contributed by atoms with van der Waals surface area (Å²) in [6.07, 6.45) is 0.596. The molecule has 1 rings (SSSR count). The second kappa shape index (κ2) is 4.72. The van der Waals surface area contributed by atoms with Gasteiger partial charge in [0.1, 0.15) is 0 Å². The number of hydrogen-bond donors (Lipinski definition) is 2. The summed E-state index contributed by atoms with van der Waals surface area (Å²) in [5.41, 5.74) is 5.61. The minimum absolute atomic E-state index is 0.143. The highest BCUT2D eigenvalue weighted by molar-refractivity contribution is 7.80. The van der Waals surface area contributed by atoms with Crippen LogP contribution < -0.4 is 11.1 Å². The molecule has 0 aliphatic carbocycles. The predicted molar refractivity (Wildman–Crippen MR) is 68.1 cm³/mol. The third kappa shape index (κ3) is 2.54. The van der Waals surface area contributed by atoms with Gasteiger partial charge in [0.05, 0.1) is 16.1 Å². The van der Waals surface area contributed by atoms with E-state index in [2.05, 4.69) is 5.32 Å². The Balaban J connectivity index is 2.79. The summed E-state index contributed by atoms with van der Waals surface area (Å²) in [5, 5.41) is 6.57. The van der Waals surface area contributed by atoms with Crippen LogP contribution in [0.25, 0.3) is 0 Å². The van der Waals surface area contributed by atoms with Gasteiger partial charge in [-0.3, -0.25) is 4.79 Å². The molecule has 1 heterocycles. The molecule has 0 aliphatic heterocycles. The lowest BCUT2D eigenvalue weighted by Crippen LogP contribution is -2.43. The van der Waals surface area contributed by atoms with Crippen molar-refractivity contribution in [1.29, 1.82) is 0 Å². The largest absolute Gasteiger partial charge is 0.392 e. The van der Waals surface area contributed by atoms with E-state index in [1.54, 1.807) is 6.92 Å². The fourth-order valence-electron chi connectivity index (χ4n) is 1.05. The Morgan fingerprint density at radius 3 is 2.80 bits per heavy atom. The van der Waals surface area contributed by atoms with Crippen LogP contribution in [0.3, 0.4) is 0 Å². The van der Waals surface area contributed by atoms with Gasteiger partial charge in [0, 0.05) is 5.38 Å². The smallest absolute Gasteiger partial charge is 0.237 e. The van der Waals surface area contributed by atoms with Crippen molar-refractivity contribution in [1.82, 2.24) is 0 Å². The first kappa shape index (κ1) is 12.1. The van der Waals surface area contributed by atoms with Crippen LogP contribution in [0.15, 0.2) is 16.8 Å². The molecule has 1 amide bonds. The van der Waals surface area contributed by atoms with E-state index >= 15 is 0 Å². The maximum Gasteiger partial charge on any atom is 0.237 e. The Morgan fingerprint density at radius 2 is 2.40 bits per heavy atom. The molecule has 0 aliphatic rings. The summed E-state index contributed by atoms with van der Waals surface area (Å²) in [4.78, 5) is 12.2. The van der Waals surface area contributed by atoms with Crippen molar-refractivity contribution >= 4 is 40.1 Å². The minimum atomic E-state index is -0.767. The van der Waals surface area contributed by atoms with Crippen molar-refractivity contribution in [3.05, 3.63) is 16.8 Å². The Bertz CT molecular complexity index is 362. The fourth-order valence-corrected chi connectivity index (χ4v) is 1.88. The average Bonchev–Trinajstić information content (AvgIpc) is 2.68. The third-order valence-corrected chi connectivity index (χ3v) is 3.66. The van der Waals surface area contributed by atoms with E-state index in [0.717, 1.165) is 5.69 Å². The molecule has 3 N–H and O–H groups in total. The number of thiocarbonyl (C=S) groups is 1. The zero-order chi connectivity index (χ0) is 11.5. The van der Waals surface area contributed by atoms with Crippen LogP contribution in [-0.4, -0.2) is 10.9 Å². The molecular formula is C10H14N2OS2. The number of thiophene rings is 1. The maximum absolute atomic E-state index is 11.9. The number of carbonyl (C=O) groups is 1. The second-order valence-corrected chi connectivity index (χ2v) is 4.74. The summed E-state index contributed by atoms with van der Waals surface area (Å²) < 4.78 is 0. The van der Waals surface area contributed by atoms with E-state index in [-0.39, 0.29) is 10.9 Å². The molecule has 1 unspecified atom stereocenters. The maximum atomic E-state index is 11.9. The molecule has 5 heteroatoms. The van der Waals surface area contributed by atoms with Crippen LogP contribution in [0.2, 0.25) is 0 Å². The predicted octanol–water partition coefficient (Wildman–Crippen LogP) is 2.39. The van der Waals surface area contributed by atoms with Gasteiger partial charge >= 0.3 is 0 Å². The summed E-state index contributed by atoms with van der Waals surface area (Å²) in [7, 11) is 0. The zero-order valence-corrected chi connectivity index (χ0v) is 10.4. The van der Waals surface area contributed by atoms with Gasteiger partial charge in [-0.25, -0.2) is 0 Å².